The third-order valence-electron chi connectivity index (χ3n) is 9.49. The summed E-state index contributed by atoms with van der Waals surface area (Å²) in [5.41, 5.74) is 3.58. The fraction of sp³-hybridized carbons (Fsp3) is 0.545. The van der Waals surface area contributed by atoms with Crippen molar-refractivity contribution in [2.45, 2.75) is 70.1 Å². The van der Waals surface area contributed by atoms with Gasteiger partial charge in [0.05, 0.1) is 23.6 Å². The van der Waals surface area contributed by atoms with E-state index in [1.54, 1.807) is 32.2 Å². The molecule has 0 aromatic heterocycles. The van der Waals surface area contributed by atoms with E-state index < -0.39 is 21.2 Å². The van der Waals surface area contributed by atoms with Crippen molar-refractivity contribution in [2.75, 3.05) is 31.7 Å². The van der Waals surface area contributed by atoms with Crippen LogP contribution in [0.4, 0.5) is 5.69 Å². The Hall–Kier alpha value is -2.55. The first kappa shape index (κ1) is 30.9. The number of amides is 1. The summed E-state index contributed by atoms with van der Waals surface area (Å²) in [5.74, 6) is 0.771. The van der Waals surface area contributed by atoms with Gasteiger partial charge in [0, 0.05) is 36.7 Å². The van der Waals surface area contributed by atoms with E-state index >= 15 is 0 Å². The summed E-state index contributed by atoms with van der Waals surface area (Å²) < 4.78 is 41.0. The van der Waals surface area contributed by atoms with E-state index in [0.717, 1.165) is 42.9 Å². The first-order valence-corrected chi connectivity index (χ1v) is 17.1. The summed E-state index contributed by atoms with van der Waals surface area (Å²) in [4.78, 5) is 15.6. The molecule has 2 aliphatic heterocycles. The molecule has 1 aliphatic carbocycles. The van der Waals surface area contributed by atoms with Gasteiger partial charge in [0.15, 0.2) is 0 Å². The lowest BCUT2D eigenvalue weighted by molar-refractivity contribution is 0.0134. The fourth-order valence-electron chi connectivity index (χ4n) is 6.59. The van der Waals surface area contributed by atoms with Crippen molar-refractivity contribution in [2.24, 2.45) is 17.8 Å². The molecular weight excluding hydrogens is 572 g/mol. The van der Waals surface area contributed by atoms with Gasteiger partial charge in [0.2, 0.25) is 10.0 Å². The summed E-state index contributed by atoms with van der Waals surface area (Å²) in [5, 5.41) is -0.00936. The number of nitrogens with zero attached hydrogens (tertiary/aromatic N) is 1. The Morgan fingerprint density at radius 3 is 2.64 bits per heavy atom. The number of hydrogen-bond acceptors (Lipinski definition) is 6. The third kappa shape index (κ3) is 6.51. The Labute approximate surface area is 255 Å². The fourth-order valence-corrected chi connectivity index (χ4v) is 8.07. The van der Waals surface area contributed by atoms with Gasteiger partial charge in [-0.1, -0.05) is 50.1 Å². The van der Waals surface area contributed by atoms with E-state index in [-0.39, 0.29) is 17.9 Å². The maximum atomic E-state index is 13.3. The van der Waals surface area contributed by atoms with Crippen LogP contribution in [-0.4, -0.2) is 52.5 Å². The van der Waals surface area contributed by atoms with Gasteiger partial charge in [-0.15, -0.1) is 0 Å². The topological polar surface area (TPSA) is 84.9 Å². The maximum absolute atomic E-state index is 13.3. The van der Waals surface area contributed by atoms with Crippen LogP contribution in [0, 0.1) is 17.8 Å². The van der Waals surface area contributed by atoms with Crippen LogP contribution in [-0.2, 0) is 21.2 Å². The Balaban J connectivity index is 1.55. The Morgan fingerprint density at radius 2 is 1.93 bits per heavy atom. The minimum absolute atomic E-state index is 0.0345. The molecule has 2 aromatic rings. The SMILES string of the molecule is CCCc1cc(Cl)ccc1C1COc2ccc3cc2N(C1)CC1CCC1C(OC)/C=C/CC(C)C(C)S(=O)(=O)NC3=O. The first-order chi connectivity index (χ1) is 20.1. The molecule has 7 nitrogen and oxygen atoms in total. The molecule has 2 heterocycles. The van der Waals surface area contributed by atoms with Crippen LogP contribution in [0.3, 0.4) is 0 Å². The molecule has 2 bridgehead atoms. The molecule has 0 saturated heterocycles. The second kappa shape index (κ2) is 13.0. The highest BCUT2D eigenvalue weighted by atomic mass is 35.5. The van der Waals surface area contributed by atoms with Gasteiger partial charge in [0.1, 0.15) is 5.75 Å². The minimum atomic E-state index is -3.88. The van der Waals surface area contributed by atoms with Crippen LogP contribution < -0.4 is 14.4 Å². The molecule has 3 aliphatic rings. The quantitative estimate of drug-likeness (QED) is 0.404. The molecule has 9 heteroatoms. The lowest BCUT2D eigenvalue weighted by Crippen LogP contribution is -2.44. The van der Waals surface area contributed by atoms with Crippen LogP contribution in [0.1, 0.15) is 73.9 Å². The predicted octanol–water partition coefficient (Wildman–Crippen LogP) is 6.36. The zero-order valence-electron chi connectivity index (χ0n) is 25.0. The zero-order chi connectivity index (χ0) is 30.0. The summed E-state index contributed by atoms with van der Waals surface area (Å²) in [6.07, 6.45) is 8.81. The normalized spacial score (nSPS) is 30.2. The summed E-state index contributed by atoms with van der Waals surface area (Å²) in [6.45, 7) is 7.72. The van der Waals surface area contributed by atoms with Crippen molar-refractivity contribution < 1.29 is 22.7 Å². The summed E-state index contributed by atoms with van der Waals surface area (Å²) in [7, 11) is -2.13. The van der Waals surface area contributed by atoms with Gasteiger partial charge in [-0.2, -0.15) is 0 Å². The number of aryl methyl sites for hydroxylation is 1. The van der Waals surface area contributed by atoms with Gasteiger partial charge >= 0.3 is 0 Å². The minimum Gasteiger partial charge on any atom is -0.491 e. The largest absolute Gasteiger partial charge is 0.491 e. The molecule has 2 aromatic carbocycles. The van der Waals surface area contributed by atoms with Crippen molar-refractivity contribution in [3.8, 4) is 5.75 Å². The smallest absolute Gasteiger partial charge is 0.264 e. The van der Waals surface area contributed by atoms with Crippen molar-refractivity contribution in [1.82, 2.24) is 4.72 Å². The van der Waals surface area contributed by atoms with E-state index in [9.17, 15) is 13.2 Å². The molecule has 1 saturated carbocycles. The number of benzene rings is 2. The number of sulfonamides is 1. The molecule has 1 N–H and O–H groups in total. The second-order valence-corrected chi connectivity index (χ2v) is 14.7. The zero-order valence-corrected chi connectivity index (χ0v) is 26.6. The number of allylic oxidation sites excluding steroid dienone is 1. The molecule has 6 unspecified atom stereocenters. The van der Waals surface area contributed by atoms with E-state index in [2.05, 4.69) is 34.8 Å². The number of anilines is 1. The number of fused-ring (bicyclic) bond motifs is 2. The second-order valence-electron chi connectivity index (χ2n) is 12.2. The molecule has 42 heavy (non-hydrogen) atoms. The van der Waals surface area contributed by atoms with Crippen LogP contribution >= 0.6 is 11.6 Å². The van der Waals surface area contributed by atoms with Gasteiger partial charge in [-0.05, 0) is 91.8 Å². The Morgan fingerprint density at radius 1 is 1.12 bits per heavy atom. The van der Waals surface area contributed by atoms with Crippen LogP contribution in [0.25, 0.3) is 0 Å². The summed E-state index contributed by atoms with van der Waals surface area (Å²) in [6, 6.07) is 11.4. The summed E-state index contributed by atoms with van der Waals surface area (Å²) >= 11 is 6.39. The van der Waals surface area contributed by atoms with E-state index in [0.29, 0.717) is 42.7 Å². The van der Waals surface area contributed by atoms with Gasteiger partial charge in [-0.25, -0.2) is 13.1 Å². The van der Waals surface area contributed by atoms with E-state index in [1.165, 1.54) is 11.1 Å². The van der Waals surface area contributed by atoms with Crippen molar-refractivity contribution >= 4 is 33.2 Å². The van der Waals surface area contributed by atoms with Gasteiger partial charge in [0.25, 0.3) is 5.91 Å². The number of rotatable bonds is 4. The van der Waals surface area contributed by atoms with E-state index in [1.807, 2.05) is 19.1 Å². The predicted molar refractivity (Wildman–Crippen MR) is 168 cm³/mol. The Bertz CT molecular complexity index is 1430. The average Bonchev–Trinajstić information content (AvgIpc) is 3.12. The molecule has 1 amide bonds. The third-order valence-corrected chi connectivity index (χ3v) is 11.6. The monoisotopic (exact) mass is 614 g/mol. The lowest BCUT2D eigenvalue weighted by Gasteiger charge is -2.43. The lowest BCUT2D eigenvalue weighted by atomic mass is 9.70. The van der Waals surface area contributed by atoms with Crippen LogP contribution in [0.5, 0.6) is 5.75 Å². The van der Waals surface area contributed by atoms with Crippen molar-refractivity contribution in [3.63, 3.8) is 0 Å². The number of hydrogen-bond donors (Lipinski definition) is 1. The number of nitrogens with one attached hydrogen (secondary N) is 1. The highest BCUT2D eigenvalue weighted by Crippen LogP contribution is 2.43. The molecule has 1 fully saturated rings. The molecule has 228 valence electrons. The molecule has 5 rings (SSSR count). The first-order valence-electron chi connectivity index (χ1n) is 15.2. The number of halogens is 1. The van der Waals surface area contributed by atoms with Crippen LogP contribution in [0.15, 0.2) is 48.6 Å². The van der Waals surface area contributed by atoms with Crippen molar-refractivity contribution in [3.05, 3.63) is 70.3 Å². The molecule has 6 atom stereocenters. The van der Waals surface area contributed by atoms with Gasteiger partial charge < -0.3 is 14.4 Å². The Kier molecular flexibility index (Phi) is 9.55. The standard InChI is InChI=1S/C33H43ClN2O5S/c1-5-7-23-16-27(34)12-14-28(23)26-19-36-18-25-10-13-29(25)31(40-4)9-6-8-21(2)22(3)42(38,39)35-33(37)24-11-15-32(41-20-26)30(36)17-24/h6,9,11-12,14-17,21-22,25-26,29,31H,5,7-8,10,13,18-20H2,1-4H3,(H,35,37)/b9-6+. The number of carbonyl (C=O) groups excluding carboxylic acids is 1. The number of ether oxygens (including phenoxy) is 2. The number of carbonyl (C=O) groups is 1. The molecule has 0 radical (unpaired) electrons. The molecular formula is C33H43ClN2O5S. The highest BCUT2D eigenvalue weighted by Gasteiger charge is 2.39. The number of methoxy groups -OCH3 is 1. The van der Waals surface area contributed by atoms with Crippen LogP contribution in [0.2, 0.25) is 5.02 Å². The highest BCUT2D eigenvalue weighted by molar-refractivity contribution is 7.90. The van der Waals surface area contributed by atoms with E-state index in [4.69, 9.17) is 21.1 Å². The average molecular weight is 615 g/mol. The van der Waals surface area contributed by atoms with Gasteiger partial charge in [-0.3, -0.25) is 4.79 Å². The maximum Gasteiger partial charge on any atom is 0.264 e. The molecule has 0 spiro atoms. The van der Waals surface area contributed by atoms with Crippen molar-refractivity contribution in [1.29, 1.82) is 0 Å².